The first-order valence-electron chi connectivity index (χ1n) is 4.99. The molecule has 1 unspecified atom stereocenters. The minimum absolute atomic E-state index is 0.0221. The van der Waals surface area contributed by atoms with Crippen LogP contribution in [0.4, 0.5) is 0 Å². The third-order valence-corrected chi connectivity index (χ3v) is 2.31. The lowest BCUT2D eigenvalue weighted by Crippen LogP contribution is -2.30. The van der Waals surface area contributed by atoms with Crippen molar-refractivity contribution in [1.82, 2.24) is 5.32 Å². The summed E-state index contributed by atoms with van der Waals surface area (Å²) in [5.74, 6) is -0.0896. The van der Waals surface area contributed by atoms with Crippen molar-refractivity contribution in [2.75, 3.05) is 13.7 Å². The largest absolute Gasteiger partial charge is 0.375 e. The molecule has 0 spiro atoms. The summed E-state index contributed by atoms with van der Waals surface area (Å²) in [6, 6.07) is 8.04. The highest BCUT2D eigenvalue weighted by Gasteiger charge is 2.10. The van der Waals surface area contributed by atoms with Gasteiger partial charge in [-0.2, -0.15) is 0 Å². The minimum atomic E-state index is -0.0896. The smallest absolute Gasteiger partial charge is 0.246 e. The monoisotopic (exact) mass is 207 g/mol. The quantitative estimate of drug-likeness (QED) is 0.817. The zero-order valence-corrected chi connectivity index (χ0v) is 9.41. The number of hydrogen-bond donors (Lipinski definition) is 1. The van der Waals surface area contributed by atoms with E-state index in [9.17, 15) is 4.79 Å². The lowest BCUT2D eigenvalue weighted by Gasteiger charge is -2.16. The summed E-state index contributed by atoms with van der Waals surface area (Å²) in [6.45, 7) is 4.11. The van der Waals surface area contributed by atoms with Crippen LogP contribution in [0.2, 0.25) is 0 Å². The van der Waals surface area contributed by atoms with Crippen LogP contribution in [0, 0.1) is 6.92 Å². The van der Waals surface area contributed by atoms with E-state index in [1.165, 1.54) is 12.7 Å². The van der Waals surface area contributed by atoms with Crippen molar-refractivity contribution in [3.8, 4) is 0 Å². The van der Waals surface area contributed by atoms with Crippen LogP contribution in [-0.4, -0.2) is 19.6 Å². The number of benzene rings is 1. The van der Waals surface area contributed by atoms with Crippen LogP contribution in [0.1, 0.15) is 24.1 Å². The Labute approximate surface area is 90.4 Å². The Kier molecular flexibility index (Phi) is 4.31. The number of methoxy groups -OCH3 is 1. The molecule has 0 saturated heterocycles. The van der Waals surface area contributed by atoms with E-state index in [1.54, 1.807) is 0 Å². The van der Waals surface area contributed by atoms with E-state index in [0.717, 1.165) is 5.56 Å². The maximum absolute atomic E-state index is 11.3. The molecule has 0 aliphatic carbocycles. The molecule has 1 N–H and O–H groups in total. The number of aryl methyl sites for hydroxylation is 1. The third-order valence-electron chi connectivity index (χ3n) is 2.31. The van der Waals surface area contributed by atoms with Gasteiger partial charge in [-0.1, -0.05) is 24.3 Å². The fourth-order valence-corrected chi connectivity index (χ4v) is 1.56. The molecule has 15 heavy (non-hydrogen) atoms. The number of carbonyl (C=O) groups excluding carboxylic acids is 1. The predicted molar refractivity (Wildman–Crippen MR) is 59.6 cm³/mol. The molecule has 0 fully saturated rings. The summed E-state index contributed by atoms with van der Waals surface area (Å²) in [7, 11) is 1.51. The lowest BCUT2D eigenvalue weighted by molar-refractivity contribution is -0.125. The molecule has 0 bridgehead atoms. The maximum atomic E-state index is 11.3. The Morgan fingerprint density at radius 1 is 1.47 bits per heavy atom. The molecule has 0 aliphatic heterocycles. The van der Waals surface area contributed by atoms with Crippen molar-refractivity contribution in [3.05, 3.63) is 35.4 Å². The fraction of sp³-hybridized carbons (Fsp3) is 0.417. The standard InChI is InChI=1S/C12H17NO2/c1-9-6-4-5-7-11(9)10(2)13-12(14)8-15-3/h4-7,10H,8H2,1-3H3,(H,13,14). The molecule has 1 rings (SSSR count). The molecular weight excluding hydrogens is 190 g/mol. The number of carbonyl (C=O) groups is 1. The van der Waals surface area contributed by atoms with Gasteiger partial charge in [0, 0.05) is 7.11 Å². The van der Waals surface area contributed by atoms with E-state index >= 15 is 0 Å². The summed E-state index contributed by atoms with van der Waals surface area (Å²) in [4.78, 5) is 11.3. The van der Waals surface area contributed by atoms with Crippen molar-refractivity contribution < 1.29 is 9.53 Å². The highest BCUT2D eigenvalue weighted by Crippen LogP contribution is 2.16. The number of nitrogens with one attached hydrogen (secondary N) is 1. The maximum Gasteiger partial charge on any atom is 0.246 e. The van der Waals surface area contributed by atoms with Crippen LogP contribution in [0.5, 0.6) is 0 Å². The van der Waals surface area contributed by atoms with Gasteiger partial charge < -0.3 is 10.1 Å². The van der Waals surface area contributed by atoms with Crippen molar-refractivity contribution in [3.63, 3.8) is 0 Å². The molecular formula is C12H17NO2. The first kappa shape index (κ1) is 11.7. The molecule has 0 radical (unpaired) electrons. The molecule has 82 valence electrons. The van der Waals surface area contributed by atoms with Crippen LogP contribution < -0.4 is 5.32 Å². The van der Waals surface area contributed by atoms with Crippen LogP contribution in [0.15, 0.2) is 24.3 Å². The second-order valence-electron chi connectivity index (χ2n) is 3.58. The van der Waals surface area contributed by atoms with E-state index in [4.69, 9.17) is 4.74 Å². The third kappa shape index (κ3) is 3.36. The van der Waals surface area contributed by atoms with E-state index in [-0.39, 0.29) is 18.6 Å². The molecule has 3 heteroatoms. The Bertz CT molecular complexity index is 336. The molecule has 0 aromatic heterocycles. The van der Waals surface area contributed by atoms with Gasteiger partial charge in [0.2, 0.25) is 5.91 Å². The van der Waals surface area contributed by atoms with E-state index < -0.39 is 0 Å². The Morgan fingerprint density at radius 3 is 2.73 bits per heavy atom. The number of hydrogen-bond acceptors (Lipinski definition) is 2. The highest BCUT2D eigenvalue weighted by molar-refractivity contribution is 5.77. The van der Waals surface area contributed by atoms with Gasteiger partial charge in [-0.15, -0.1) is 0 Å². The molecule has 1 atom stereocenters. The molecule has 0 aliphatic rings. The van der Waals surface area contributed by atoms with Crippen LogP contribution in [0.3, 0.4) is 0 Å². The summed E-state index contributed by atoms with van der Waals surface area (Å²) < 4.78 is 4.76. The van der Waals surface area contributed by atoms with Gasteiger partial charge in [0.1, 0.15) is 6.61 Å². The van der Waals surface area contributed by atoms with E-state index in [1.807, 2.05) is 38.1 Å². The summed E-state index contributed by atoms with van der Waals surface area (Å²) in [5.41, 5.74) is 2.32. The van der Waals surface area contributed by atoms with Crippen molar-refractivity contribution in [2.24, 2.45) is 0 Å². The van der Waals surface area contributed by atoms with Gasteiger partial charge in [-0.3, -0.25) is 4.79 Å². The normalized spacial score (nSPS) is 12.2. The SMILES string of the molecule is COCC(=O)NC(C)c1ccccc1C. The van der Waals surface area contributed by atoms with E-state index in [0.29, 0.717) is 0 Å². The van der Waals surface area contributed by atoms with Crippen LogP contribution in [-0.2, 0) is 9.53 Å². The number of ether oxygens (including phenoxy) is 1. The van der Waals surface area contributed by atoms with Crippen molar-refractivity contribution in [2.45, 2.75) is 19.9 Å². The van der Waals surface area contributed by atoms with Gasteiger partial charge in [-0.05, 0) is 25.0 Å². The van der Waals surface area contributed by atoms with Gasteiger partial charge >= 0.3 is 0 Å². The van der Waals surface area contributed by atoms with Gasteiger partial charge in [0.15, 0.2) is 0 Å². The fourth-order valence-electron chi connectivity index (χ4n) is 1.56. The van der Waals surface area contributed by atoms with Gasteiger partial charge in [0.05, 0.1) is 6.04 Å². The second-order valence-corrected chi connectivity index (χ2v) is 3.58. The first-order valence-corrected chi connectivity index (χ1v) is 4.99. The van der Waals surface area contributed by atoms with Crippen LogP contribution >= 0.6 is 0 Å². The molecule has 0 saturated carbocycles. The average Bonchev–Trinajstić information content (AvgIpc) is 2.18. The average molecular weight is 207 g/mol. The summed E-state index contributed by atoms with van der Waals surface area (Å²) in [6.07, 6.45) is 0. The summed E-state index contributed by atoms with van der Waals surface area (Å²) in [5, 5.41) is 2.87. The molecule has 1 aromatic carbocycles. The molecule has 0 heterocycles. The second kappa shape index (κ2) is 5.51. The molecule has 1 aromatic rings. The van der Waals surface area contributed by atoms with Crippen molar-refractivity contribution in [1.29, 1.82) is 0 Å². The Hall–Kier alpha value is -1.35. The Balaban J connectivity index is 2.65. The van der Waals surface area contributed by atoms with Crippen molar-refractivity contribution >= 4 is 5.91 Å². The predicted octanol–water partition coefficient (Wildman–Crippen LogP) is 1.82. The zero-order valence-electron chi connectivity index (χ0n) is 9.41. The zero-order chi connectivity index (χ0) is 11.3. The summed E-state index contributed by atoms with van der Waals surface area (Å²) >= 11 is 0. The topological polar surface area (TPSA) is 38.3 Å². The minimum Gasteiger partial charge on any atom is -0.375 e. The van der Waals surface area contributed by atoms with E-state index in [2.05, 4.69) is 5.32 Å². The Morgan fingerprint density at radius 2 is 2.13 bits per heavy atom. The molecule has 3 nitrogen and oxygen atoms in total. The molecule has 1 amide bonds. The lowest BCUT2D eigenvalue weighted by atomic mass is 10.0. The highest BCUT2D eigenvalue weighted by atomic mass is 16.5. The first-order chi connectivity index (χ1) is 7.15. The van der Waals surface area contributed by atoms with Gasteiger partial charge in [0.25, 0.3) is 0 Å². The number of rotatable bonds is 4. The van der Waals surface area contributed by atoms with Gasteiger partial charge in [-0.25, -0.2) is 0 Å². The van der Waals surface area contributed by atoms with Crippen LogP contribution in [0.25, 0.3) is 0 Å². The number of amides is 1.